The van der Waals surface area contributed by atoms with Gasteiger partial charge in [-0.1, -0.05) is 42.5 Å². The molecule has 0 heterocycles. The van der Waals surface area contributed by atoms with E-state index in [4.69, 9.17) is 0 Å². The van der Waals surface area contributed by atoms with Crippen LogP contribution in [-0.4, -0.2) is 0 Å². The second kappa shape index (κ2) is 5.86. The third-order valence-corrected chi connectivity index (χ3v) is 4.20. The molecule has 3 heteroatoms. The minimum atomic E-state index is -0.252. The van der Waals surface area contributed by atoms with Gasteiger partial charge in [0.05, 0.1) is 4.47 Å². The Kier molecular flexibility index (Phi) is 3.93. The molecule has 1 unspecified atom stereocenters. The first-order valence-electron chi connectivity index (χ1n) is 6.84. The molecular formula is C18H15BrFN. The van der Waals surface area contributed by atoms with Crippen LogP contribution in [0.1, 0.15) is 18.5 Å². The summed E-state index contributed by atoms with van der Waals surface area (Å²) in [5, 5.41) is 5.88. The lowest BCUT2D eigenvalue weighted by atomic mass is 9.99. The number of halogens is 2. The van der Waals surface area contributed by atoms with E-state index in [0.717, 1.165) is 5.69 Å². The molecule has 0 aromatic heterocycles. The van der Waals surface area contributed by atoms with Crippen LogP contribution in [0.4, 0.5) is 10.1 Å². The van der Waals surface area contributed by atoms with Gasteiger partial charge in [-0.3, -0.25) is 0 Å². The lowest BCUT2D eigenvalue weighted by Crippen LogP contribution is -2.07. The summed E-state index contributed by atoms with van der Waals surface area (Å²) in [6.45, 7) is 2.11. The summed E-state index contributed by atoms with van der Waals surface area (Å²) in [6, 6.07) is 19.7. The van der Waals surface area contributed by atoms with Crippen LogP contribution < -0.4 is 5.32 Å². The molecule has 0 aliphatic carbocycles. The van der Waals surface area contributed by atoms with Gasteiger partial charge in [0.2, 0.25) is 0 Å². The van der Waals surface area contributed by atoms with Crippen LogP contribution in [0, 0.1) is 5.82 Å². The van der Waals surface area contributed by atoms with E-state index in [2.05, 4.69) is 58.5 Å². The second-order valence-electron chi connectivity index (χ2n) is 5.06. The van der Waals surface area contributed by atoms with Crippen LogP contribution in [0.5, 0.6) is 0 Å². The van der Waals surface area contributed by atoms with Gasteiger partial charge in [-0.05, 0) is 57.4 Å². The Balaban J connectivity index is 1.93. The number of hydrogen-bond donors (Lipinski definition) is 1. The van der Waals surface area contributed by atoms with Gasteiger partial charge in [0.1, 0.15) is 5.82 Å². The fourth-order valence-electron chi connectivity index (χ4n) is 2.54. The maximum atomic E-state index is 13.3. The van der Waals surface area contributed by atoms with Crippen molar-refractivity contribution in [3.8, 4) is 0 Å². The van der Waals surface area contributed by atoms with Gasteiger partial charge in [0, 0.05) is 11.7 Å². The molecular weight excluding hydrogens is 329 g/mol. The van der Waals surface area contributed by atoms with Crippen molar-refractivity contribution < 1.29 is 4.39 Å². The molecule has 21 heavy (non-hydrogen) atoms. The predicted octanol–water partition coefficient (Wildman–Crippen LogP) is 5.91. The first-order chi connectivity index (χ1) is 10.1. The fourth-order valence-corrected chi connectivity index (χ4v) is 2.92. The topological polar surface area (TPSA) is 12.0 Å². The Hall–Kier alpha value is -1.87. The highest BCUT2D eigenvalue weighted by Crippen LogP contribution is 2.28. The molecule has 0 radical (unpaired) electrons. The molecule has 0 aliphatic rings. The third kappa shape index (κ3) is 2.93. The van der Waals surface area contributed by atoms with Crippen LogP contribution in [0.25, 0.3) is 10.8 Å². The van der Waals surface area contributed by atoms with E-state index in [9.17, 15) is 4.39 Å². The van der Waals surface area contributed by atoms with Gasteiger partial charge in [-0.25, -0.2) is 4.39 Å². The van der Waals surface area contributed by atoms with E-state index in [-0.39, 0.29) is 11.9 Å². The first kappa shape index (κ1) is 14.1. The van der Waals surface area contributed by atoms with E-state index in [0.29, 0.717) is 4.47 Å². The van der Waals surface area contributed by atoms with Crippen molar-refractivity contribution >= 4 is 32.4 Å². The lowest BCUT2D eigenvalue weighted by molar-refractivity contribution is 0.621. The van der Waals surface area contributed by atoms with Crippen LogP contribution in [-0.2, 0) is 0 Å². The molecule has 1 nitrogen and oxygen atoms in total. The quantitative estimate of drug-likeness (QED) is 0.622. The summed E-state index contributed by atoms with van der Waals surface area (Å²) in [4.78, 5) is 0. The Morgan fingerprint density at radius 1 is 1.00 bits per heavy atom. The van der Waals surface area contributed by atoms with Crippen molar-refractivity contribution in [2.24, 2.45) is 0 Å². The summed E-state index contributed by atoms with van der Waals surface area (Å²) in [5.41, 5.74) is 2.12. The average Bonchev–Trinajstić information content (AvgIpc) is 2.50. The Morgan fingerprint density at radius 3 is 2.57 bits per heavy atom. The van der Waals surface area contributed by atoms with Crippen molar-refractivity contribution in [2.45, 2.75) is 13.0 Å². The highest BCUT2D eigenvalue weighted by atomic mass is 79.9. The predicted molar refractivity (Wildman–Crippen MR) is 90.1 cm³/mol. The second-order valence-corrected chi connectivity index (χ2v) is 5.92. The highest BCUT2D eigenvalue weighted by Gasteiger charge is 2.10. The summed E-state index contributed by atoms with van der Waals surface area (Å²) in [5.74, 6) is -0.252. The van der Waals surface area contributed by atoms with Gasteiger partial charge < -0.3 is 5.32 Å². The van der Waals surface area contributed by atoms with Gasteiger partial charge in [0.25, 0.3) is 0 Å². The number of nitrogens with one attached hydrogen (secondary N) is 1. The highest BCUT2D eigenvalue weighted by molar-refractivity contribution is 9.10. The zero-order valence-electron chi connectivity index (χ0n) is 11.6. The average molecular weight is 344 g/mol. The molecule has 0 saturated heterocycles. The van der Waals surface area contributed by atoms with Gasteiger partial charge in [-0.2, -0.15) is 0 Å². The molecule has 0 amide bonds. The van der Waals surface area contributed by atoms with E-state index < -0.39 is 0 Å². The summed E-state index contributed by atoms with van der Waals surface area (Å²) < 4.78 is 13.8. The Labute approximate surface area is 131 Å². The lowest BCUT2D eigenvalue weighted by Gasteiger charge is -2.18. The summed E-state index contributed by atoms with van der Waals surface area (Å²) in [7, 11) is 0. The van der Waals surface area contributed by atoms with Crippen LogP contribution in [0.2, 0.25) is 0 Å². The normalized spacial score (nSPS) is 12.3. The summed E-state index contributed by atoms with van der Waals surface area (Å²) in [6.07, 6.45) is 0. The van der Waals surface area contributed by atoms with E-state index in [1.54, 1.807) is 12.1 Å². The van der Waals surface area contributed by atoms with Crippen LogP contribution >= 0.6 is 15.9 Å². The van der Waals surface area contributed by atoms with Crippen molar-refractivity contribution in [3.05, 3.63) is 76.5 Å². The zero-order valence-corrected chi connectivity index (χ0v) is 13.2. The molecule has 1 atom stereocenters. The molecule has 0 aliphatic heterocycles. The van der Waals surface area contributed by atoms with Crippen molar-refractivity contribution in [1.82, 2.24) is 0 Å². The van der Waals surface area contributed by atoms with Crippen molar-refractivity contribution in [1.29, 1.82) is 0 Å². The number of benzene rings is 3. The largest absolute Gasteiger partial charge is 0.378 e. The number of anilines is 1. The molecule has 0 fully saturated rings. The number of hydrogen-bond acceptors (Lipinski definition) is 1. The Bertz CT molecular complexity index is 780. The molecule has 0 bridgehead atoms. The maximum absolute atomic E-state index is 13.3. The summed E-state index contributed by atoms with van der Waals surface area (Å²) >= 11 is 3.22. The Morgan fingerprint density at radius 2 is 1.76 bits per heavy atom. The minimum Gasteiger partial charge on any atom is -0.378 e. The van der Waals surface area contributed by atoms with E-state index in [1.807, 2.05) is 12.1 Å². The maximum Gasteiger partial charge on any atom is 0.137 e. The molecule has 0 saturated carbocycles. The van der Waals surface area contributed by atoms with E-state index in [1.165, 1.54) is 22.4 Å². The van der Waals surface area contributed by atoms with Gasteiger partial charge in [-0.15, -0.1) is 0 Å². The molecule has 0 spiro atoms. The monoisotopic (exact) mass is 343 g/mol. The minimum absolute atomic E-state index is 0.133. The van der Waals surface area contributed by atoms with Crippen LogP contribution in [0.15, 0.2) is 65.1 Å². The number of rotatable bonds is 3. The third-order valence-electron chi connectivity index (χ3n) is 3.59. The standard InChI is InChI=1S/C18H15BrFN/c1-12(21-14-9-10-18(20)17(19)11-14)15-8-4-6-13-5-2-3-7-16(13)15/h2-12,21H,1H3. The smallest absolute Gasteiger partial charge is 0.137 e. The molecule has 3 rings (SSSR count). The van der Waals surface area contributed by atoms with Crippen molar-refractivity contribution in [3.63, 3.8) is 0 Å². The molecule has 3 aromatic carbocycles. The molecule has 1 N–H and O–H groups in total. The van der Waals surface area contributed by atoms with Crippen molar-refractivity contribution in [2.75, 3.05) is 5.32 Å². The fraction of sp³-hybridized carbons (Fsp3) is 0.111. The molecule has 3 aromatic rings. The van der Waals surface area contributed by atoms with Gasteiger partial charge >= 0.3 is 0 Å². The number of fused-ring (bicyclic) bond motifs is 1. The zero-order chi connectivity index (χ0) is 14.8. The molecule has 106 valence electrons. The van der Waals surface area contributed by atoms with Crippen LogP contribution in [0.3, 0.4) is 0 Å². The first-order valence-corrected chi connectivity index (χ1v) is 7.64. The van der Waals surface area contributed by atoms with Gasteiger partial charge in [0.15, 0.2) is 0 Å². The van der Waals surface area contributed by atoms with E-state index >= 15 is 0 Å². The SMILES string of the molecule is CC(Nc1ccc(F)c(Br)c1)c1cccc2ccccc12.